The number of aromatic nitrogens is 1. The third-order valence-electron chi connectivity index (χ3n) is 5.61. The minimum absolute atomic E-state index is 0.212. The summed E-state index contributed by atoms with van der Waals surface area (Å²) in [5, 5.41) is 0.613. The van der Waals surface area contributed by atoms with Crippen molar-refractivity contribution >= 4 is 41.0 Å². The first-order chi connectivity index (χ1) is 17.4. The van der Waals surface area contributed by atoms with Crippen LogP contribution in [0.25, 0.3) is 11.8 Å². The maximum atomic E-state index is 13.2. The zero-order valence-electron chi connectivity index (χ0n) is 20.0. The van der Waals surface area contributed by atoms with Crippen LogP contribution in [0.3, 0.4) is 0 Å². The molecule has 0 saturated heterocycles. The van der Waals surface area contributed by atoms with Crippen molar-refractivity contribution in [2.24, 2.45) is 5.92 Å². The number of ether oxygens (including phenoxy) is 5. The monoisotopic (exact) mass is 529 g/mol. The molecule has 0 atom stereocenters. The number of halogens is 2. The number of methoxy groups -OCH3 is 3. The molecule has 9 heteroatoms. The molecule has 7 nitrogen and oxygen atoms in total. The van der Waals surface area contributed by atoms with Crippen LogP contribution in [0.4, 0.5) is 0 Å². The SMILES string of the molecule is COc1ccc(C(=O)O/C(=C\c2c(Cl)cncc2Cl)c2ccc(OC)c(OCC3CC3)c2)cc1OC. The Balaban J connectivity index is 1.73. The molecule has 1 aliphatic rings. The lowest BCUT2D eigenvalue weighted by atomic mass is 10.1. The average Bonchev–Trinajstić information content (AvgIpc) is 3.73. The summed E-state index contributed by atoms with van der Waals surface area (Å²) in [6.45, 7) is 0.590. The molecule has 0 amide bonds. The molecule has 0 unspecified atom stereocenters. The molecular weight excluding hydrogens is 505 g/mol. The first-order valence-corrected chi connectivity index (χ1v) is 11.9. The topological polar surface area (TPSA) is 76.1 Å². The summed E-state index contributed by atoms with van der Waals surface area (Å²) in [6, 6.07) is 10.0. The van der Waals surface area contributed by atoms with Crippen molar-refractivity contribution in [3.05, 3.63) is 75.5 Å². The van der Waals surface area contributed by atoms with Gasteiger partial charge in [0, 0.05) is 23.5 Å². The highest BCUT2D eigenvalue weighted by molar-refractivity contribution is 6.37. The smallest absolute Gasteiger partial charge is 0.343 e. The Hall–Kier alpha value is -3.42. The van der Waals surface area contributed by atoms with E-state index in [1.165, 1.54) is 26.6 Å². The Morgan fingerprint density at radius 1 is 0.889 bits per heavy atom. The van der Waals surface area contributed by atoms with Gasteiger partial charge in [-0.25, -0.2) is 4.79 Å². The van der Waals surface area contributed by atoms with Gasteiger partial charge in [-0.15, -0.1) is 0 Å². The van der Waals surface area contributed by atoms with E-state index in [9.17, 15) is 4.79 Å². The highest BCUT2D eigenvalue weighted by atomic mass is 35.5. The Morgan fingerprint density at radius 3 is 2.08 bits per heavy atom. The first kappa shape index (κ1) is 25.7. The van der Waals surface area contributed by atoms with Gasteiger partial charge in [-0.3, -0.25) is 4.98 Å². The predicted octanol–water partition coefficient (Wildman–Crippen LogP) is 6.56. The minimum atomic E-state index is -0.611. The van der Waals surface area contributed by atoms with Crippen LogP contribution in [0.2, 0.25) is 10.0 Å². The molecule has 4 rings (SSSR count). The average molecular weight is 530 g/mol. The molecule has 1 saturated carbocycles. The van der Waals surface area contributed by atoms with E-state index in [2.05, 4.69) is 4.98 Å². The van der Waals surface area contributed by atoms with Gasteiger partial charge in [0.15, 0.2) is 23.0 Å². The van der Waals surface area contributed by atoms with Gasteiger partial charge in [-0.1, -0.05) is 23.2 Å². The molecule has 3 aromatic rings. The van der Waals surface area contributed by atoms with E-state index in [-0.39, 0.29) is 11.3 Å². The van der Waals surface area contributed by atoms with Crippen molar-refractivity contribution in [3.8, 4) is 23.0 Å². The molecule has 1 aromatic heterocycles. The normalized spacial score (nSPS) is 13.2. The second-order valence-corrected chi connectivity index (χ2v) is 8.92. The van der Waals surface area contributed by atoms with Crippen LogP contribution in [0.5, 0.6) is 23.0 Å². The largest absolute Gasteiger partial charge is 0.493 e. The van der Waals surface area contributed by atoms with Crippen molar-refractivity contribution in [1.82, 2.24) is 4.98 Å². The van der Waals surface area contributed by atoms with E-state index in [1.54, 1.807) is 49.6 Å². The summed E-state index contributed by atoms with van der Waals surface area (Å²) in [5.74, 6) is 2.16. The molecule has 0 N–H and O–H groups in total. The number of hydrogen-bond donors (Lipinski definition) is 0. The first-order valence-electron chi connectivity index (χ1n) is 11.2. The number of nitrogens with zero attached hydrogens (tertiary/aromatic N) is 1. The summed E-state index contributed by atoms with van der Waals surface area (Å²) in [7, 11) is 4.58. The summed E-state index contributed by atoms with van der Waals surface area (Å²) in [6.07, 6.45) is 6.82. The van der Waals surface area contributed by atoms with Gasteiger partial charge < -0.3 is 23.7 Å². The van der Waals surface area contributed by atoms with E-state index >= 15 is 0 Å². The molecule has 0 aliphatic heterocycles. The third kappa shape index (κ3) is 6.04. The summed E-state index contributed by atoms with van der Waals surface area (Å²) >= 11 is 12.7. The van der Waals surface area contributed by atoms with E-state index in [0.29, 0.717) is 56.7 Å². The molecule has 1 fully saturated rings. The number of carbonyl (C=O) groups excluding carboxylic acids is 1. The van der Waals surface area contributed by atoms with Crippen molar-refractivity contribution in [1.29, 1.82) is 0 Å². The Bertz CT molecular complexity index is 1270. The molecule has 0 spiro atoms. The molecule has 2 aromatic carbocycles. The maximum Gasteiger partial charge on any atom is 0.343 e. The van der Waals surface area contributed by atoms with Gasteiger partial charge in [0.05, 0.1) is 43.5 Å². The fourth-order valence-electron chi connectivity index (χ4n) is 3.42. The van der Waals surface area contributed by atoms with E-state index < -0.39 is 5.97 Å². The number of pyridine rings is 1. The molecule has 188 valence electrons. The molecule has 0 radical (unpaired) electrons. The molecule has 0 bridgehead atoms. The molecule has 1 aliphatic carbocycles. The van der Waals surface area contributed by atoms with Crippen LogP contribution in [0, 0.1) is 5.92 Å². The van der Waals surface area contributed by atoms with Gasteiger partial charge in [0.25, 0.3) is 0 Å². The standard InChI is InChI=1S/C27H25Cl2NO6/c1-32-22-9-7-18(11-25(22)34-3)27(31)36-24(12-19-20(28)13-30-14-21(19)29)17-6-8-23(33-2)26(10-17)35-15-16-4-5-16/h6-14,16H,4-5,15H2,1-3H3/b24-12-. The number of hydrogen-bond acceptors (Lipinski definition) is 7. The minimum Gasteiger partial charge on any atom is -0.493 e. The van der Waals surface area contributed by atoms with Crippen LogP contribution in [0.15, 0.2) is 48.8 Å². The van der Waals surface area contributed by atoms with E-state index in [1.807, 2.05) is 0 Å². The van der Waals surface area contributed by atoms with Gasteiger partial charge >= 0.3 is 5.97 Å². The lowest BCUT2D eigenvalue weighted by Gasteiger charge is -2.15. The van der Waals surface area contributed by atoms with Gasteiger partial charge in [-0.05, 0) is 61.2 Å². The second kappa shape index (κ2) is 11.5. The van der Waals surface area contributed by atoms with Crippen molar-refractivity contribution in [2.75, 3.05) is 27.9 Å². The lowest BCUT2D eigenvalue weighted by molar-refractivity contribution is 0.0693. The Labute approximate surface area is 219 Å². The molecular formula is C27H25Cl2NO6. The molecule has 1 heterocycles. The number of carbonyl (C=O) groups is 1. The Kier molecular flexibility index (Phi) is 8.23. The maximum absolute atomic E-state index is 13.2. The lowest BCUT2D eigenvalue weighted by Crippen LogP contribution is -2.07. The summed E-state index contributed by atoms with van der Waals surface area (Å²) in [4.78, 5) is 17.2. The second-order valence-electron chi connectivity index (χ2n) is 8.10. The van der Waals surface area contributed by atoms with Gasteiger partial charge in [-0.2, -0.15) is 0 Å². The summed E-state index contributed by atoms with van der Waals surface area (Å²) in [5.41, 5.74) is 1.29. The summed E-state index contributed by atoms with van der Waals surface area (Å²) < 4.78 is 27.9. The van der Waals surface area contributed by atoms with Crippen LogP contribution >= 0.6 is 23.2 Å². The van der Waals surface area contributed by atoms with Crippen LogP contribution < -0.4 is 18.9 Å². The zero-order chi connectivity index (χ0) is 25.7. The number of benzene rings is 2. The fraction of sp³-hybridized carbons (Fsp3) is 0.259. The predicted molar refractivity (Wildman–Crippen MR) is 138 cm³/mol. The highest BCUT2D eigenvalue weighted by Gasteiger charge is 2.23. The van der Waals surface area contributed by atoms with E-state index in [0.717, 1.165) is 12.8 Å². The number of esters is 1. The van der Waals surface area contributed by atoms with Crippen LogP contribution in [0.1, 0.15) is 34.3 Å². The van der Waals surface area contributed by atoms with Crippen LogP contribution in [-0.2, 0) is 4.74 Å². The van der Waals surface area contributed by atoms with Crippen LogP contribution in [-0.4, -0.2) is 38.9 Å². The van der Waals surface area contributed by atoms with Gasteiger partial charge in [0.1, 0.15) is 5.76 Å². The van der Waals surface area contributed by atoms with Crippen molar-refractivity contribution in [3.63, 3.8) is 0 Å². The number of rotatable bonds is 10. The highest BCUT2D eigenvalue weighted by Crippen LogP contribution is 2.37. The fourth-order valence-corrected chi connectivity index (χ4v) is 3.89. The van der Waals surface area contributed by atoms with Gasteiger partial charge in [0.2, 0.25) is 0 Å². The van der Waals surface area contributed by atoms with E-state index in [4.69, 9.17) is 46.9 Å². The zero-order valence-corrected chi connectivity index (χ0v) is 21.6. The Morgan fingerprint density at radius 2 is 1.47 bits per heavy atom. The van der Waals surface area contributed by atoms with Crippen molar-refractivity contribution in [2.45, 2.75) is 12.8 Å². The quantitative estimate of drug-likeness (QED) is 0.217. The molecule has 36 heavy (non-hydrogen) atoms. The van der Waals surface area contributed by atoms with Crippen molar-refractivity contribution < 1.29 is 28.5 Å². The third-order valence-corrected chi connectivity index (χ3v) is 6.21.